The first-order valence-corrected chi connectivity index (χ1v) is 8.99. The van der Waals surface area contributed by atoms with E-state index in [1.165, 1.54) is 19.1 Å². The number of nitrogens with zero attached hydrogens (tertiary/aromatic N) is 3. The number of hydrogen-bond donors (Lipinski definition) is 2. The van der Waals surface area contributed by atoms with E-state index in [9.17, 15) is 38.8 Å². The van der Waals surface area contributed by atoms with Gasteiger partial charge in [-0.25, -0.2) is 0 Å². The van der Waals surface area contributed by atoms with Crippen LogP contribution in [0.15, 0.2) is 48.5 Å². The van der Waals surface area contributed by atoms with E-state index in [4.69, 9.17) is 0 Å². The molecular weight excluding hydrogens is 427 g/mol. The molecule has 32 heavy (non-hydrogen) atoms. The number of nitriles is 1. The average Bonchev–Trinajstić information content (AvgIpc) is 2.73. The quantitative estimate of drug-likeness (QED) is 0.240. The highest BCUT2D eigenvalue weighted by Crippen LogP contribution is 2.41. The molecule has 3 rings (SSSR count). The van der Waals surface area contributed by atoms with Crippen LogP contribution >= 0.6 is 0 Å². The number of allylic oxidation sites excluding steroid dienone is 1. The number of nitro groups is 1. The smallest absolute Gasteiger partial charge is 0.417 e. The summed E-state index contributed by atoms with van der Waals surface area (Å²) in [6.07, 6.45) is -3.87. The van der Waals surface area contributed by atoms with Gasteiger partial charge in [0.25, 0.3) is 0 Å². The molecule has 0 atom stereocenters. The van der Waals surface area contributed by atoms with E-state index in [2.05, 4.69) is 4.98 Å². The van der Waals surface area contributed by atoms with E-state index in [0.717, 1.165) is 24.3 Å². The molecule has 162 valence electrons. The van der Waals surface area contributed by atoms with Gasteiger partial charge in [-0.2, -0.15) is 18.4 Å². The van der Waals surface area contributed by atoms with Gasteiger partial charge in [-0.3, -0.25) is 15.1 Å². The molecule has 2 aromatic carbocycles. The number of aromatic hydroxyl groups is 2. The Morgan fingerprint density at radius 3 is 2.41 bits per heavy atom. The Hall–Kier alpha value is -4.39. The number of pyridine rings is 1. The predicted octanol–water partition coefficient (Wildman–Crippen LogP) is 5.46. The third-order valence-electron chi connectivity index (χ3n) is 4.49. The number of phenols is 2. The van der Waals surface area contributed by atoms with Crippen molar-refractivity contribution in [3.05, 3.63) is 81.0 Å². The van der Waals surface area contributed by atoms with Crippen molar-refractivity contribution < 1.29 is 28.3 Å². The van der Waals surface area contributed by atoms with Crippen molar-refractivity contribution in [1.29, 1.82) is 5.26 Å². The molecule has 0 unspecified atom stereocenters. The number of aromatic nitrogens is 1. The van der Waals surface area contributed by atoms with Gasteiger partial charge in [0.05, 0.1) is 27.8 Å². The van der Waals surface area contributed by atoms with Crippen LogP contribution in [0.5, 0.6) is 11.5 Å². The summed E-state index contributed by atoms with van der Waals surface area (Å²) in [6, 6.07) is 12.2. The monoisotopic (exact) mass is 441 g/mol. The molecule has 10 heteroatoms. The molecule has 0 amide bonds. The third kappa shape index (κ3) is 4.37. The highest BCUT2D eigenvalue weighted by atomic mass is 19.4. The van der Waals surface area contributed by atoms with E-state index < -0.39 is 45.0 Å². The number of phenolic OH excluding ortho intramolecular Hbond substituents is 2. The van der Waals surface area contributed by atoms with Crippen molar-refractivity contribution in [2.24, 2.45) is 0 Å². The van der Waals surface area contributed by atoms with Crippen LogP contribution in [0, 0.1) is 28.4 Å². The summed E-state index contributed by atoms with van der Waals surface area (Å²) in [7, 11) is 0. The zero-order valence-electron chi connectivity index (χ0n) is 16.4. The fourth-order valence-electron chi connectivity index (χ4n) is 3.15. The average molecular weight is 441 g/mol. The zero-order valence-corrected chi connectivity index (χ0v) is 16.4. The minimum absolute atomic E-state index is 0.0788. The molecular formula is C22H14F3N3O4. The van der Waals surface area contributed by atoms with Crippen molar-refractivity contribution in [2.45, 2.75) is 13.1 Å². The normalized spacial score (nSPS) is 11.8. The minimum Gasteiger partial charge on any atom is -0.504 e. The van der Waals surface area contributed by atoms with Crippen LogP contribution in [-0.4, -0.2) is 20.1 Å². The van der Waals surface area contributed by atoms with Gasteiger partial charge in [0.2, 0.25) is 5.75 Å². The van der Waals surface area contributed by atoms with Gasteiger partial charge in [-0.05, 0) is 30.7 Å². The second kappa shape index (κ2) is 8.39. The lowest BCUT2D eigenvalue weighted by Crippen LogP contribution is -2.12. The highest BCUT2D eigenvalue weighted by molar-refractivity contribution is 5.96. The van der Waals surface area contributed by atoms with E-state index in [1.54, 1.807) is 24.3 Å². The Bertz CT molecular complexity index is 1280. The lowest BCUT2D eigenvalue weighted by molar-refractivity contribution is -0.386. The van der Waals surface area contributed by atoms with Gasteiger partial charge >= 0.3 is 11.9 Å². The summed E-state index contributed by atoms with van der Waals surface area (Å²) in [6.45, 7) is 1.39. The van der Waals surface area contributed by atoms with Crippen LogP contribution in [0.25, 0.3) is 22.9 Å². The van der Waals surface area contributed by atoms with Gasteiger partial charge < -0.3 is 10.2 Å². The molecule has 0 spiro atoms. The van der Waals surface area contributed by atoms with Crippen molar-refractivity contribution in [3.8, 4) is 28.8 Å². The summed E-state index contributed by atoms with van der Waals surface area (Å²) in [5.41, 5.74) is -2.80. The Labute approximate surface area is 179 Å². The Kier molecular flexibility index (Phi) is 5.85. The Morgan fingerprint density at radius 2 is 1.84 bits per heavy atom. The standard InChI is InChI=1S/C22H14F3N3O4/c1-12-7-16(22(23,24)25)19(20(27-12)14-5-3-2-4-6-14)15(11-26)8-13-9-17(28(31)32)21(30)18(29)10-13/h2-10,29-30H,1H3. The van der Waals surface area contributed by atoms with Gasteiger partial charge in [0.15, 0.2) is 5.75 Å². The number of hydrogen-bond acceptors (Lipinski definition) is 6. The number of nitro benzene ring substituents is 1. The maximum atomic E-state index is 13.9. The van der Waals surface area contributed by atoms with E-state index in [0.29, 0.717) is 5.56 Å². The lowest BCUT2D eigenvalue weighted by Gasteiger charge is -2.17. The van der Waals surface area contributed by atoms with Crippen LogP contribution in [0.2, 0.25) is 0 Å². The summed E-state index contributed by atoms with van der Waals surface area (Å²) in [5, 5.41) is 40.2. The molecule has 0 aliphatic carbocycles. The molecule has 7 nitrogen and oxygen atoms in total. The van der Waals surface area contributed by atoms with Gasteiger partial charge in [0, 0.05) is 22.9 Å². The molecule has 0 bridgehead atoms. The fraction of sp³-hybridized carbons (Fsp3) is 0.0909. The zero-order chi connectivity index (χ0) is 23.6. The molecule has 0 aliphatic heterocycles. The van der Waals surface area contributed by atoms with Crippen molar-refractivity contribution >= 4 is 17.3 Å². The van der Waals surface area contributed by atoms with Crippen LogP contribution in [-0.2, 0) is 6.18 Å². The van der Waals surface area contributed by atoms with Crippen LogP contribution in [0.3, 0.4) is 0 Å². The topological polar surface area (TPSA) is 120 Å². The molecule has 1 aromatic heterocycles. The third-order valence-corrected chi connectivity index (χ3v) is 4.49. The molecule has 0 saturated carbocycles. The largest absolute Gasteiger partial charge is 0.504 e. The molecule has 0 saturated heterocycles. The molecule has 3 aromatic rings. The van der Waals surface area contributed by atoms with E-state index in [1.807, 2.05) is 0 Å². The number of alkyl halides is 3. The molecule has 1 heterocycles. The highest BCUT2D eigenvalue weighted by Gasteiger charge is 2.36. The predicted molar refractivity (Wildman–Crippen MR) is 109 cm³/mol. The van der Waals surface area contributed by atoms with E-state index in [-0.39, 0.29) is 17.0 Å². The molecule has 0 radical (unpaired) electrons. The van der Waals surface area contributed by atoms with Crippen molar-refractivity contribution in [1.82, 2.24) is 4.98 Å². The number of benzene rings is 2. The minimum atomic E-state index is -4.83. The molecule has 0 fully saturated rings. The Balaban J connectivity index is 2.37. The molecule has 0 aliphatic rings. The Morgan fingerprint density at radius 1 is 1.19 bits per heavy atom. The number of aryl methyl sites for hydroxylation is 1. The first-order chi connectivity index (χ1) is 15.0. The maximum absolute atomic E-state index is 13.9. The molecule has 2 N–H and O–H groups in total. The van der Waals surface area contributed by atoms with Crippen LogP contribution in [0.1, 0.15) is 22.4 Å². The fourth-order valence-corrected chi connectivity index (χ4v) is 3.15. The summed E-state index contributed by atoms with van der Waals surface area (Å²) in [4.78, 5) is 14.3. The SMILES string of the molecule is Cc1cc(C(F)(F)F)c(C(C#N)=Cc2cc(O)c(O)c([N+](=O)[O-])c2)c(-c2ccccc2)n1. The second-order valence-corrected chi connectivity index (χ2v) is 6.73. The summed E-state index contributed by atoms with van der Waals surface area (Å²) < 4.78 is 41.8. The van der Waals surface area contributed by atoms with Gasteiger partial charge in [-0.1, -0.05) is 30.3 Å². The summed E-state index contributed by atoms with van der Waals surface area (Å²) in [5.74, 6) is -1.85. The number of halogens is 3. The lowest BCUT2D eigenvalue weighted by atomic mass is 9.92. The summed E-state index contributed by atoms with van der Waals surface area (Å²) >= 11 is 0. The number of rotatable bonds is 4. The van der Waals surface area contributed by atoms with Gasteiger partial charge in [0.1, 0.15) is 0 Å². The van der Waals surface area contributed by atoms with Gasteiger partial charge in [-0.15, -0.1) is 0 Å². The van der Waals surface area contributed by atoms with E-state index >= 15 is 0 Å². The first-order valence-electron chi connectivity index (χ1n) is 8.99. The van der Waals surface area contributed by atoms with Crippen molar-refractivity contribution in [2.75, 3.05) is 0 Å². The second-order valence-electron chi connectivity index (χ2n) is 6.73. The first kappa shape index (κ1) is 22.3. The van der Waals surface area contributed by atoms with Crippen LogP contribution in [0.4, 0.5) is 18.9 Å². The van der Waals surface area contributed by atoms with Crippen molar-refractivity contribution in [3.63, 3.8) is 0 Å². The maximum Gasteiger partial charge on any atom is 0.417 e. The van der Waals surface area contributed by atoms with Crippen LogP contribution < -0.4 is 0 Å².